The summed E-state index contributed by atoms with van der Waals surface area (Å²) < 4.78 is 5.98. The quantitative estimate of drug-likeness (QED) is 0.826. The van der Waals surface area contributed by atoms with E-state index in [1.54, 1.807) is 0 Å². The van der Waals surface area contributed by atoms with Gasteiger partial charge in [-0.2, -0.15) is 0 Å². The van der Waals surface area contributed by atoms with Gasteiger partial charge in [0.1, 0.15) is 11.9 Å². The lowest BCUT2D eigenvalue weighted by Gasteiger charge is -2.30. The van der Waals surface area contributed by atoms with Crippen molar-refractivity contribution < 1.29 is 9.84 Å². The van der Waals surface area contributed by atoms with Crippen LogP contribution in [0.25, 0.3) is 0 Å². The van der Waals surface area contributed by atoms with Crippen LogP contribution in [0.15, 0.2) is 48.5 Å². The average Bonchev–Trinajstić information content (AvgIpc) is 2.39. The molecule has 0 saturated heterocycles. The predicted molar refractivity (Wildman–Crippen MR) is 70.6 cm³/mol. The van der Waals surface area contributed by atoms with Gasteiger partial charge in [-0.25, -0.2) is 0 Å². The van der Waals surface area contributed by atoms with E-state index < -0.39 is 6.10 Å². The summed E-state index contributed by atoms with van der Waals surface area (Å²) in [6.07, 6.45) is 0.107. The molecule has 0 fully saturated rings. The Labute approximate surface area is 107 Å². The van der Waals surface area contributed by atoms with Gasteiger partial charge in [-0.15, -0.1) is 0 Å². The molecule has 1 unspecified atom stereocenters. The molecule has 92 valence electrons. The largest absolute Gasteiger partial charge is 0.485 e. The van der Waals surface area contributed by atoms with E-state index >= 15 is 0 Å². The maximum absolute atomic E-state index is 10.2. The van der Waals surface area contributed by atoms with E-state index in [2.05, 4.69) is 25.1 Å². The van der Waals surface area contributed by atoms with Crippen LogP contribution in [-0.4, -0.2) is 5.11 Å². The second-order valence-corrected chi connectivity index (χ2v) is 4.81. The van der Waals surface area contributed by atoms with Gasteiger partial charge in [0.05, 0.1) is 6.10 Å². The van der Waals surface area contributed by atoms with Crippen LogP contribution in [0, 0.1) is 6.92 Å². The van der Waals surface area contributed by atoms with Crippen molar-refractivity contribution in [2.45, 2.75) is 25.6 Å². The summed E-state index contributed by atoms with van der Waals surface area (Å²) in [7, 11) is 0. The Balaban J connectivity index is 1.94. The first-order valence-electron chi connectivity index (χ1n) is 6.24. The maximum Gasteiger partial charge on any atom is 0.127 e. The number of ether oxygens (including phenoxy) is 1. The number of aryl methyl sites for hydroxylation is 1. The van der Waals surface area contributed by atoms with Crippen molar-refractivity contribution in [3.8, 4) is 5.75 Å². The van der Waals surface area contributed by atoms with Crippen LogP contribution < -0.4 is 4.74 Å². The van der Waals surface area contributed by atoms with Crippen LogP contribution in [0.4, 0.5) is 0 Å². The summed E-state index contributed by atoms with van der Waals surface area (Å²) in [5.41, 5.74) is 3.23. The molecule has 2 atom stereocenters. The van der Waals surface area contributed by atoms with Gasteiger partial charge in [0, 0.05) is 12.0 Å². The zero-order valence-electron chi connectivity index (χ0n) is 10.3. The second kappa shape index (κ2) is 4.46. The van der Waals surface area contributed by atoms with Crippen molar-refractivity contribution in [1.29, 1.82) is 0 Å². The number of hydrogen-bond acceptors (Lipinski definition) is 2. The van der Waals surface area contributed by atoms with E-state index in [1.807, 2.05) is 30.3 Å². The summed E-state index contributed by atoms with van der Waals surface area (Å²) >= 11 is 0. The maximum atomic E-state index is 10.2. The van der Waals surface area contributed by atoms with E-state index in [1.165, 1.54) is 5.56 Å². The van der Waals surface area contributed by atoms with Gasteiger partial charge in [-0.05, 0) is 18.6 Å². The highest BCUT2D eigenvalue weighted by Crippen LogP contribution is 2.40. The summed E-state index contributed by atoms with van der Waals surface area (Å²) in [5, 5.41) is 10.2. The molecule has 0 spiro atoms. The van der Waals surface area contributed by atoms with Gasteiger partial charge in [-0.1, -0.05) is 48.0 Å². The van der Waals surface area contributed by atoms with Crippen molar-refractivity contribution in [1.82, 2.24) is 0 Å². The fourth-order valence-corrected chi connectivity index (χ4v) is 2.47. The highest BCUT2D eigenvalue weighted by atomic mass is 16.5. The molecule has 0 saturated carbocycles. The van der Waals surface area contributed by atoms with Crippen molar-refractivity contribution >= 4 is 0 Å². The van der Waals surface area contributed by atoms with Crippen LogP contribution in [-0.2, 0) is 0 Å². The third-order valence-corrected chi connectivity index (χ3v) is 3.40. The van der Waals surface area contributed by atoms with Crippen LogP contribution in [0.3, 0.4) is 0 Å². The van der Waals surface area contributed by atoms with Crippen LogP contribution in [0.1, 0.15) is 35.3 Å². The number of aliphatic hydroxyl groups is 1. The number of rotatable bonds is 1. The monoisotopic (exact) mass is 240 g/mol. The molecule has 2 nitrogen and oxygen atoms in total. The lowest BCUT2D eigenvalue weighted by molar-refractivity contribution is 0.0657. The van der Waals surface area contributed by atoms with Crippen molar-refractivity contribution in [3.63, 3.8) is 0 Å². The molecule has 0 bridgehead atoms. The lowest BCUT2D eigenvalue weighted by atomic mass is 9.94. The Morgan fingerprint density at radius 3 is 2.78 bits per heavy atom. The normalized spacial score (nSPS) is 22.1. The van der Waals surface area contributed by atoms with Gasteiger partial charge in [-0.3, -0.25) is 0 Å². The minimum atomic E-state index is -0.444. The van der Waals surface area contributed by atoms with Gasteiger partial charge in [0.25, 0.3) is 0 Å². The number of hydrogen-bond donors (Lipinski definition) is 1. The third-order valence-electron chi connectivity index (χ3n) is 3.40. The lowest BCUT2D eigenvalue weighted by Crippen LogP contribution is -2.18. The molecule has 1 N–H and O–H groups in total. The van der Waals surface area contributed by atoms with E-state index in [0.717, 1.165) is 16.9 Å². The molecule has 0 aromatic heterocycles. The Kier molecular flexibility index (Phi) is 2.80. The summed E-state index contributed by atoms with van der Waals surface area (Å²) in [6.45, 7) is 2.07. The first-order valence-corrected chi connectivity index (χ1v) is 6.24. The Hall–Kier alpha value is -1.80. The van der Waals surface area contributed by atoms with Crippen molar-refractivity contribution in [2.75, 3.05) is 0 Å². The fraction of sp³-hybridized carbons (Fsp3) is 0.250. The zero-order chi connectivity index (χ0) is 12.5. The fourth-order valence-electron chi connectivity index (χ4n) is 2.47. The molecule has 1 aliphatic heterocycles. The Morgan fingerprint density at radius 1 is 1.11 bits per heavy atom. The standard InChI is InChI=1S/C16H16O2/c1-11-5-4-6-12(9-11)16-10-14(17)13-7-2-3-8-15(13)18-16/h2-9,14,16-17H,10H2,1H3/t14-,16?/m1/s1. The summed E-state index contributed by atoms with van der Waals surface area (Å²) in [6, 6.07) is 16.0. The Morgan fingerprint density at radius 2 is 1.94 bits per heavy atom. The van der Waals surface area contributed by atoms with E-state index in [9.17, 15) is 5.11 Å². The summed E-state index contributed by atoms with van der Waals surface area (Å²) in [4.78, 5) is 0. The number of para-hydroxylation sites is 1. The molecule has 3 rings (SSSR count). The van der Waals surface area contributed by atoms with Gasteiger partial charge in [0.2, 0.25) is 0 Å². The van der Waals surface area contributed by atoms with Crippen molar-refractivity contribution in [2.24, 2.45) is 0 Å². The van der Waals surface area contributed by atoms with Gasteiger partial charge in [0.15, 0.2) is 0 Å². The molecular weight excluding hydrogens is 224 g/mol. The van der Waals surface area contributed by atoms with Gasteiger partial charge >= 0.3 is 0 Å². The topological polar surface area (TPSA) is 29.5 Å². The van der Waals surface area contributed by atoms with E-state index in [-0.39, 0.29) is 6.10 Å². The van der Waals surface area contributed by atoms with Crippen LogP contribution in [0.2, 0.25) is 0 Å². The second-order valence-electron chi connectivity index (χ2n) is 4.81. The third kappa shape index (κ3) is 2.00. The van der Waals surface area contributed by atoms with Gasteiger partial charge < -0.3 is 9.84 Å². The molecule has 18 heavy (non-hydrogen) atoms. The molecule has 2 aromatic carbocycles. The number of aliphatic hydroxyl groups excluding tert-OH is 1. The highest BCUT2D eigenvalue weighted by Gasteiger charge is 2.27. The molecule has 1 heterocycles. The smallest absolute Gasteiger partial charge is 0.127 e. The molecule has 1 aliphatic rings. The first-order chi connectivity index (χ1) is 8.74. The highest BCUT2D eigenvalue weighted by molar-refractivity contribution is 5.38. The molecule has 0 radical (unpaired) electrons. The minimum absolute atomic E-state index is 0.0604. The molecular formula is C16H16O2. The van der Waals surface area contributed by atoms with E-state index in [4.69, 9.17) is 4.74 Å². The van der Waals surface area contributed by atoms with E-state index in [0.29, 0.717) is 6.42 Å². The minimum Gasteiger partial charge on any atom is -0.485 e. The molecule has 2 heteroatoms. The first kappa shape index (κ1) is 11.3. The number of benzene rings is 2. The summed E-state index contributed by atoms with van der Waals surface area (Å²) in [5.74, 6) is 0.794. The number of fused-ring (bicyclic) bond motifs is 1. The van der Waals surface area contributed by atoms with Crippen LogP contribution >= 0.6 is 0 Å². The Bertz CT molecular complexity index is 563. The van der Waals surface area contributed by atoms with Crippen LogP contribution in [0.5, 0.6) is 5.75 Å². The van der Waals surface area contributed by atoms with Crippen molar-refractivity contribution in [3.05, 3.63) is 65.2 Å². The SMILES string of the molecule is Cc1cccc(C2C[C@@H](O)c3ccccc3O2)c1. The molecule has 0 aliphatic carbocycles. The zero-order valence-corrected chi connectivity index (χ0v) is 10.3. The molecule has 2 aromatic rings. The average molecular weight is 240 g/mol. The predicted octanol–water partition coefficient (Wildman–Crippen LogP) is 3.55. The molecule has 0 amide bonds.